The average molecular weight is 621 g/mol. The van der Waals surface area contributed by atoms with Crippen molar-refractivity contribution in [1.29, 1.82) is 0 Å². The number of carbonyl (C=O) groups excluding carboxylic acids is 2. The molecule has 0 fully saturated rings. The van der Waals surface area contributed by atoms with E-state index in [-0.39, 0.29) is 24.7 Å². The van der Waals surface area contributed by atoms with E-state index in [9.17, 15) is 24.6 Å². The molecule has 46 heavy (non-hydrogen) atoms. The minimum Gasteiger partial charge on any atom is -0.479 e. The number of aliphatic hydroxyl groups is 1. The quantitative estimate of drug-likeness (QED) is 0.120. The molecule has 9 nitrogen and oxygen atoms in total. The Bertz CT molecular complexity index is 1710. The smallest absolute Gasteiger partial charge is 0.334 e. The Labute approximate surface area is 268 Å². The van der Waals surface area contributed by atoms with E-state index in [1.807, 2.05) is 98.8 Å². The maximum atomic E-state index is 14.3. The molecule has 0 saturated carbocycles. The molecule has 5 N–H and O–H groups in total. The molecule has 1 aromatic heterocycles. The van der Waals surface area contributed by atoms with Crippen LogP contribution in [0.25, 0.3) is 21.5 Å². The number of H-pyrrole nitrogens is 1. The van der Waals surface area contributed by atoms with Crippen LogP contribution >= 0.6 is 0 Å². The Balaban J connectivity index is 1.47. The Morgan fingerprint density at radius 2 is 1.33 bits per heavy atom. The molecule has 4 aromatic carbocycles. The van der Waals surface area contributed by atoms with Gasteiger partial charge in [-0.3, -0.25) is 9.59 Å². The highest BCUT2D eigenvalue weighted by molar-refractivity contribution is 5.91. The van der Waals surface area contributed by atoms with Crippen molar-refractivity contribution in [2.45, 2.75) is 57.7 Å². The molecular weight excluding hydrogens is 580 g/mol. The van der Waals surface area contributed by atoms with Crippen molar-refractivity contribution in [3.05, 3.63) is 114 Å². The fourth-order valence-electron chi connectivity index (χ4n) is 6.07. The van der Waals surface area contributed by atoms with Gasteiger partial charge >= 0.3 is 5.97 Å². The number of imidazole rings is 1. The summed E-state index contributed by atoms with van der Waals surface area (Å²) in [7, 11) is 0. The molecule has 0 radical (unpaired) electrons. The van der Waals surface area contributed by atoms with E-state index in [4.69, 9.17) is 0 Å². The number of carbonyl (C=O) groups is 3. The van der Waals surface area contributed by atoms with Gasteiger partial charge in [-0.25, -0.2) is 9.78 Å². The monoisotopic (exact) mass is 620 g/mol. The molecule has 238 valence electrons. The number of nitrogens with zero attached hydrogens (tertiary/aromatic N) is 1. The van der Waals surface area contributed by atoms with Gasteiger partial charge in [-0.2, -0.15) is 0 Å². The van der Waals surface area contributed by atoms with Gasteiger partial charge in [-0.15, -0.1) is 0 Å². The van der Waals surface area contributed by atoms with E-state index < -0.39 is 36.0 Å². The second-order valence-corrected chi connectivity index (χ2v) is 12.2. The molecule has 5 rings (SSSR count). The number of fused-ring (bicyclic) bond motifs is 2. The van der Waals surface area contributed by atoms with Gasteiger partial charge in [-0.1, -0.05) is 98.8 Å². The highest BCUT2D eigenvalue weighted by Gasteiger charge is 2.33. The highest BCUT2D eigenvalue weighted by Crippen LogP contribution is 2.26. The lowest BCUT2D eigenvalue weighted by Gasteiger charge is -2.27. The maximum absolute atomic E-state index is 14.3. The second-order valence-electron chi connectivity index (χ2n) is 12.2. The summed E-state index contributed by atoms with van der Waals surface area (Å²) in [6.07, 6.45) is 2.53. The summed E-state index contributed by atoms with van der Waals surface area (Å²) in [5, 5.41) is 29.8. The topological polar surface area (TPSA) is 144 Å². The molecule has 2 unspecified atom stereocenters. The highest BCUT2D eigenvalue weighted by atomic mass is 16.4. The van der Waals surface area contributed by atoms with E-state index in [0.717, 1.165) is 32.7 Å². The van der Waals surface area contributed by atoms with Crippen LogP contribution in [0.5, 0.6) is 0 Å². The first-order chi connectivity index (χ1) is 22.2. The van der Waals surface area contributed by atoms with Gasteiger partial charge in [0.1, 0.15) is 6.04 Å². The third-order valence-corrected chi connectivity index (χ3v) is 8.35. The lowest BCUT2D eigenvalue weighted by Crippen LogP contribution is -2.55. The van der Waals surface area contributed by atoms with Gasteiger partial charge in [-0.05, 0) is 57.9 Å². The zero-order valence-electron chi connectivity index (χ0n) is 26.0. The van der Waals surface area contributed by atoms with Crippen LogP contribution in [0.2, 0.25) is 0 Å². The summed E-state index contributed by atoms with van der Waals surface area (Å²) in [6.45, 7) is 3.75. The molecule has 5 aromatic rings. The molecule has 0 bridgehead atoms. The largest absolute Gasteiger partial charge is 0.479 e. The molecule has 1 heterocycles. The number of aromatic amines is 1. The fourth-order valence-corrected chi connectivity index (χ4v) is 6.07. The Morgan fingerprint density at radius 1 is 0.761 bits per heavy atom. The standard InChI is InChI=1S/C37H40N4O5/c1-23(2)17-32(34(42)37(45)46)40-36(44)33(20-29-21-38-22-39-29)41-35(43)28(18-26-13-7-11-24-9-3-5-15-30(24)26)19-27-14-8-12-25-10-4-6-16-31(25)27/h3-16,21-23,28,32-34,42H,17-20H2,1-2H3,(H,38,39)(H,40,44)(H,41,43)(H,45,46)/t32?,33?,34-/m1/s1. The third-order valence-electron chi connectivity index (χ3n) is 8.35. The summed E-state index contributed by atoms with van der Waals surface area (Å²) < 4.78 is 0. The summed E-state index contributed by atoms with van der Waals surface area (Å²) in [4.78, 5) is 46.8. The maximum Gasteiger partial charge on any atom is 0.334 e. The van der Waals surface area contributed by atoms with Gasteiger partial charge in [0.25, 0.3) is 0 Å². The van der Waals surface area contributed by atoms with Crippen molar-refractivity contribution in [3.63, 3.8) is 0 Å². The van der Waals surface area contributed by atoms with Crippen molar-refractivity contribution < 1.29 is 24.6 Å². The number of hydrogen-bond donors (Lipinski definition) is 5. The number of nitrogens with one attached hydrogen (secondary N) is 3. The number of aromatic nitrogens is 2. The predicted molar refractivity (Wildman–Crippen MR) is 178 cm³/mol. The minimum absolute atomic E-state index is 0.00412. The number of aliphatic carboxylic acids is 1. The number of carboxylic acid groups (broad SMARTS) is 1. The zero-order valence-corrected chi connectivity index (χ0v) is 26.0. The summed E-state index contributed by atoms with van der Waals surface area (Å²) >= 11 is 0. The molecule has 9 heteroatoms. The summed E-state index contributed by atoms with van der Waals surface area (Å²) in [5.41, 5.74) is 2.60. The first kappa shape index (κ1) is 32.4. The first-order valence-electron chi connectivity index (χ1n) is 15.6. The van der Waals surface area contributed by atoms with E-state index >= 15 is 0 Å². The van der Waals surface area contributed by atoms with Gasteiger partial charge in [0.05, 0.1) is 18.1 Å². The van der Waals surface area contributed by atoms with E-state index in [1.165, 1.54) is 6.33 Å². The van der Waals surface area contributed by atoms with Crippen molar-refractivity contribution >= 4 is 39.3 Å². The minimum atomic E-state index is -1.79. The Morgan fingerprint density at radius 3 is 1.85 bits per heavy atom. The second kappa shape index (κ2) is 14.8. The van der Waals surface area contributed by atoms with Crippen LogP contribution in [-0.2, 0) is 33.6 Å². The predicted octanol–water partition coefficient (Wildman–Crippen LogP) is 4.82. The molecular formula is C37H40N4O5. The van der Waals surface area contributed by atoms with Crippen molar-refractivity contribution in [2.24, 2.45) is 11.8 Å². The number of benzene rings is 4. The number of hydrogen-bond acceptors (Lipinski definition) is 5. The molecule has 0 saturated heterocycles. The zero-order chi connectivity index (χ0) is 32.6. The number of carboxylic acids is 1. The first-order valence-corrected chi connectivity index (χ1v) is 15.6. The van der Waals surface area contributed by atoms with Crippen LogP contribution in [-0.4, -0.2) is 56.2 Å². The van der Waals surface area contributed by atoms with Gasteiger partial charge in [0.15, 0.2) is 6.10 Å². The Hall–Kier alpha value is -5.02. The van der Waals surface area contributed by atoms with Crippen molar-refractivity contribution in [2.75, 3.05) is 0 Å². The lowest BCUT2D eigenvalue weighted by molar-refractivity contribution is -0.149. The SMILES string of the molecule is CC(C)CC(NC(=O)C(Cc1c[nH]cn1)NC(=O)C(Cc1cccc2ccccc12)Cc1cccc2ccccc12)[C@@H](O)C(=O)O. The molecule has 0 aliphatic carbocycles. The fraction of sp³-hybridized carbons (Fsp3) is 0.297. The van der Waals surface area contributed by atoms with Crippen LogP contribution in [0.3, 0.4) is 0 Å². The number of rotatable bonds is 14. The van der Waals surface area contributed by atoms with Crippen LogP contribution < -0.4 is 10.6 Å². The summed E-state index contributed by atoms with van der Waals surface area (Å²) in [5.74, 6) is -2.86. The normalized spacial score (nSPS) is 13.5. The van der Waals surface area contributed by atoms with E-state index in [1.54, 1.807) is 6.20 Å². The summed E-state index contributed by atoms with van der Waals surface area (Å²) in [6, 6.07) is 26.1. The van der Waals surface area contributed by atoms with Crippen molar-refractivity contribution in [3.8, 4) is 0 Å². The molecule has 2 amide bonds. The van der Waals surface area contributed by atoms with Gasteiger partial charge < -0.3 is 25.8 Å². The lowest BCUT2D eigenvalue weighted by atomic mass is 9.87. The van der Waals surface area contributed by atoms with Gasteiger partial charge in [0, 0.05) is 18.5 Å². The Kier molecular flexibility index (Phi) is 10.4. The van der Waals surface area contributed by atoms with E-state index in [2.05, 4.69) is 20.6 Å². The van der Waals surface area contributed by atoms with E-state index in [0.29, 0.717) is 18.5 Å². The molecule has 0 aliphatic heterocycles. The van der Waals surface area contributed by atoms with Crippen LogP contribution in [0.15, 0.2) is 97.5 Å². The molecule has 3 atom stereocenters. The van der Waals surface area contributed by atoms with Crippen molar-refractivity contribution in [1.82, 2.24) is 20.6 Å². The third kappa shape index (κ3) is 7.97. The van der Waals surface area contributed by atoms with Crippen LogP contribution in [0.1, 0.15) is 37.1 Å². The van der Waals surface area contributed by atoms with Crippen LogP contribution in [0, 0.1) is 11.8 Å². The van der Waals surface area contributed by atoms with Gasteiger partial charge in [0.2, 0.25) is 11.8 Å². The molecule has 0 aliphatic rings. The van der Waals surface area contributed by atoms with Crippen LogP contribution in [0.4, 0.5) is 0 Å². The number of aliphatic hydroxyl groups excluding tert-OH is 1. The average Bonchev–Trinajstić information content (AvgIpc) is 3.56. The number of amides is 2. The molecule has 0 spiro atoms.